The Morgan fingerprint density at radius 3 is 2.20 bits per heavy atom. The van der Waals surface area contributed by atoms with Gasteiger partial charge in [-0.15, -0.1) is 0 Å². The molecule has 1 amide bonds. The molecule has 5 heteroatoms. The van der Waals surface area contributed by atoms with Gasteiger partial charge in [-0.25, -0.2) is 0 Å². The summed E-state index contributed by atoms with van der Waals surface area (Å²) in [7, 11) is 0. The second-order valence-electron chi connectivity index (χ2n) is 6.12. The van der Waals surface area contributed by atoms with Gasteiger partial charge in [0.15, 0.2) is 0 Å². The number of alkyl halides is 2. The van der Waals surface area contributed by atoms with Crippen molar-refractivity contribution in [3.05, 3.63) is 65.7 Å². The fourth-order valence-electron chi connectivity index (χ4n) is 2.57. The third-order valence-electron chi connectivity index (χ3n) is 3.92. The van der Waals surface area contributed by atoms with E-state index in [0.717, 1.165) is 11.1 Å². The Bertz CT molecular complexity index is 657. The fraction of sp³-hybridized carbons (Fsp3) is 0.350. The predicted octanol–water partition coefficient (Wildman–Crippen LogP) is 4.66. The van der Waals surface area contributed by atoms with Crippen molar-refractivity contribution >= 4 is 5.91 Å². The number of rotatable bonds is 8. The first kappa shape index (κ1) is 18.9. The Morgan fingerprint density at radius 1 is 1.00 bits per heavy atom. The van der Waals surface area contributed by atoms with Crippen LogP contribution in [0.5, 0.6) is 5.75 Å². The van der Waals surface area contributed by atoms with Crippen molar-refractivity contribution in [1.29, 1.82) is 0 Å². The number of benzene rings is 2. The number of hydrogen-bond acceptors (Lipinski definition) is 2. The summed E-state index contributed by atoms with van der Waals surface area (Å²) in [6.07, 6.45) is 0.936. The van der Waals surface area contributed by atoms with Crippen molar-refractivity contribution in [3.8, 4) is 5.75 Å². The van der Waals surface area contributed by atoms with Gasteiger partial charge in [0.25, 0.3) is 0 Å². The van der Waals surface area contributed by atoms with Crippen LogP contribution in [0, 0.1) is 0 Å². The topological polar surface area (TPSA) is 29.5 Å². The molecule has 2 rings (SSSR count). The van der Waals surface area contributed by atoms with Gasteiger partial charge in [-0.1, -0.05) is 42.5 Å². The average Bonchev–Trinajstić information content (AvgIpc) is 2.59. The van der Waals surface area contributed by atoms with Gasteiger partial charge in [-0.2, -0.15) is 8.78 Å². The Morgan fingerprint density at radius 2 is 1.64 bits per heavy atom. The van der Waals surface area contributed by atoms with E-state index in [0.29, 0.717) is 19.4 Å². The van der Waals surface area contributed by atoms with E-state index in [2.05, 4.69) is 4.74 Å². The molecule has 0 aliphatic rings. The number of amides is 1. The maximum atomic E-state index is 12.6. The van der Waals surface area contributed by atoms with Crippen LogP contribution in [-0.2, 0) is 17.8 Å². The molecule has 0 saturated carbocycles. The molecule has 0 aliphatic carbocycles. The molecule has 0 atom stereocenters. The van der Waals surface area contributed by atoms with E-state index in [1.807, 2.05) is 49.1 Å². The molecule has 2 aromatic rings. The van der Waals surface area contributed by atoms with E-state index in [1.54, 1.807) is 12.1 Å². The first-order chi connectivity index (χ1) is 12.0. The Labute approximate surface area is 147 Å². The summed E-state index contributed by atoms with van der Waals surface area (Å²) in [5, 5.41) is 0. The maximum Gasteiger partial charge on any atom is 0.387 e. The van der Waals surface area contributed by atoms with Crippen molar-refractivity contribution in [2.75, 3.05) is 0 Å². The summed E-state index contributed by atoms with van der Waals surface area (Å²) in [6.45, 7) is 1.75. The SMILES string of the molecule is CC(C)N(Cc1ccccc1)C(=O)CCc1ccc(OC(F)F)cc1. The summed E-state index contributed by atoms with van der Waals surface area (Å²) in [5.74, 6) is 0.199. The Hall–Kier alpha value is -2.43. The number of carbonyl (C=O) groups excluding carboxylic acids is 1. The smallest absolute Gasteiger partial charge is 0.387 e. The number of halogens is 2. The fourth-order valence-corrected chi connectivity index (χ4v) is 2.57. The van der Waals surface area contributed by atoms with Crippen molar-refractivity contribution < 1.29 is 18.3 Å². The highest BCUT2D eigenvalue weighted by Crippen LogP contribution is 2.17. The average molecular weight is 347 g/mol. The molecule has 25 heavy (non-hydrogen) atoms. The first-order valence-corrected chi connectivity index (χ1v) is 8.33. The van der Waals surface area contributed by atoms with E-state index in [4.69, 9.17) is 0 Å². The maximum absolute atomic E-state index is 12.6. The molecule has 0 fully saturated rings. The van der Waals surface area contributed by atoms with Crippen molar-refractivity contribution in [1.82, 2.24) is 4.90 Å². The standard InChI is InChI=1S/C20H23F2NO2/c1-15(2)23(14-17-6-4-3-5-7-17)19(24)13-10-16-8-11-18(12-9-16)25-20(21)22/h3-9,11-12,15,20H,10,13-14H2,1-2H3. The lowest BCUT2D eigenvalue weighted by Crippen LogP contribution is -2.36. The molecule has 0 spiro atoms. The lowest BCUT2D eigenvalue weighted by atomic mass is 10.1. The summed E-state index contributed by atoms with van der Waals surface area (Å²) in [6, 6.07) is 16.4. The molecule has 0 bridgehead atoms. The van der Waals surface area contributed by atoms with E-state index >= 15 is 0 Å². The lowest BCUT2D eigenvalue weighted by Gasteiger charge is -2.27. The van der Waals surface area contributed by atoms with Gasteiger partial charge in [-0.3, -0.25) is 4.79 Å². The quantitative estimate of drug-likeness (QED) is 0.695. The Balaban J connectivity index is 1.92. The van der Waals surface area contributed by atoms with Crippen LogP contribution in [0.4, 0.5) is 8.78 Å². The highest BCUT2D eigenvalue weighted by atomic mass is 19.3. The summed E-state index contributed by atoms with van der Waals surface area (Å²) in [5.41, 5.74) is 2.01. The van der Waals surface area contributed by atoms with Crippen LogP contribution >= 0.6 is 0 Å². The van der Waals surface area contributed by atoms with Crippen LogP contribution < -0.4 is 4.74 Å². The Kier molecular flexibility index (Phi) is 6.92. The summed E-state index contributed by atoms with van der Waals surface area (Å²) in [4.78, 5) is 14.4. The van der Waals surface area contributed by atoms with E-state index in [9.17, 15) is 13.6 Å². The highest BCUT2D eigenvalue weighted by molar-refractivity contribution is 5.76. The van der Waals surface area contributed by atoms with Crippen molar-refractivity contribution in [2.45, 2.75) is 45.9 Å². The molecule has 134 valence electrons. The van der Waals surface area contributed by atoms with Gasteiger partial charge in [0.1, 0.15) is 5.75 Å². The van der Waals surface area contributed by atoms with Crippen LogP contribution in [-0.4, -0.2) is 23.5 Å². The van der Waals surface area contributed by atoms with Crippen LogP contribution in [0.2, 0.25) is 0 Å². The van der Waals surface area contributed by atoms with Gasteiger partial charge in [0.2, 0.25) is 5.91 Å². The number of nitrogens with zero attached hydrogens (tertiary/aromatic N) is 1. The zero-order valence-corrected chi connectivity index (χ0v) is 14.5. The molecule has 0 N–H and O–H groups in total. The third-order valence-corrected chi connectivity index (χ3v) is 3.92. The largest absolute Gasteiger partial charge is 0.435 e. The normalized spacial score (nSPS) is 11.0. The van der Waals surface area contributed by atoms with Crippen LogP contribution in [0.3, 0.4) is 0 Å². The van der Waals surface area contributed by atoms with E-state index < -0.39 is 6.61 Å². The minimum absolute atomic E-state index is 0.0757. The zero-order chi connectivity index (χ0) is 18.2. The number of ether oxygens (including phenoxy) is 1. The van der Waals surface area contributed by atoms with Gasteiger partial charge in [0.05, 0.1) is 0 Å². The van der Waals surface area contributed by atoms with Gasteiger partial charge < -0.3 is 9.64 Å². The number of hydrogen-bond donors (Lipinski definition) is 0. The highest BCUT2D eigenvalue weighted by Gasteiger charge is 2.17. The van der Waals surface area contributed by atoms with Gasteiger partial charge in [0, 0.05) is 19.0 Å². The van der Waals surface area contributed by atoms with Crippen molar-refractivity contribution in [2.24, 2.45) is 0 Å². The van der Waals surface area contributed by atoms with Crippen LogP contribution in [0.1, 0.15) is 31.4 Å². The minimum Gasteiger partial charge on any atom is -0.435 e. The first-order valence-electron chi connectivity index (χ1n) is 8.33. The molecule has 0 saturated heterocycles. The monoisotopic (exact) mass is 347 g/mol. The van der Waals surface area contributed by atoms with Crippen LogP contribution in [0.15, 0.2) is 54.6 Å². The molecular weight excluding hydrogens is 324 g/mol. The molecule has 3 nitrogen and oxygen atoms in total. The van der Waals surface area contributed by atoms with E-state index in [-0.39, 0.29) is 17.7 Å². The molecule has 0 aromatic heterocycles. The minimum atomic E-state index is -2.83. The van der Waals surface area contributed by atoms with Crippen molar-refractivity contribution in [3.63, 3.8) is 0 Å². The molecule has 0 aliphatic heterocycles. The van der Waals surface area contributed by atoms with Gasteiger partial charge in [-0.05, 0) is 43.5 Å². The van der Waals surface area contributed by atoms with Gasteiger partial charge >= 0.3 is 6.61 Å². The van der Waals surface area contributed by atoms with Crippen LogP contribution in [0.25, 0.3) is 0 Å². The second-order valence-corrected chi connectivity index (χ2v) is 6.12. The lowest BCUT2D eigenvalue weighted by molar-refractivity contribution is -0.133. The molecule has 0 unspecified atom stereocenters. The molecular formula is C20H23F2NO2. The zero-order valence-electron chi connectivity index (χ0n) is 14.5. The second kappa shape index (κ2) is 9.16. The number of carbonyl (C=O) groups is 1. The van der Waals surface area contributed by atoms with E-state index in [1.165, 1.54) is 12.1 Å². The summed E-state index contributed by atoms with van der Waals surface area (Å²) < 4.78 is 28.6. The third kappa shape index (κ3) is 6.18. The number of aryl methyl sites for hydroxylation is 1. The summed E-state index contributed by atoms with van der Waals surface area (Å²) >= 11 is 0. The predicted molar refractivity (Wildman–Crippen MR) is 93.5 cm³/mol. The molecule has 0 heterocycles. The molecule has 2 aromatic carbocycles. The molecule has 0 radical (unpaired) electrons.